The van der Waals surface area contributed by atoms with Crippen molar-refractivity contribution < 1.29 is 14.3 Å². The van der Waals surface area contributed by atoms with Crippen LogP contribution in [0.2, 0.25) is 0 Å². The van der Waals surface area contributed by atoms with Gasteiger partial charge in [-0.3, -0.25) is 4.79 Å². The molecule has 1 atom stereocenters. The second-order valence-corrected chi connectivity index (χ2v) is 4.86. The minimum Gasteiger partial charge on any atom is -0.467 e. The standard InChI is InChI=1S/C15H22N2O3/c1-5-6-12(15(19)20-4)17-14(18)11-7-9(2)13(16)10(3)8-11/h7-8,12H,5-6,16H2,1-4H3,(H,17,18)/t12-/m0/s1. The maximum Gasteiger partial charge on any atom is 0.328 e. The topological polar surface area (TPSA) is 81.4 Å². The van der Waals surface area contributed by atoms with E-state index in [9.17, 15) is 9.59 Å². The number of esters is 1. The minimum absolute atomic E-state index is 0.292. The second-order valence-electron chi connectivity index (χ2n) is 4.86. The predicted molar refractivity (Wildman–Crippen MR) is 78.5 cm³/mol. The van der Waals surface area contributed by atoms with Gasteiger partial charge < -0.3 is 15.8 Å². The molecule has 0 unspecified atom stereocenters. The Balaban J connectivity index is 2.91. The molecule has 0 aliphatic rings. The summed E-state index contributed by atoms with van der Waals surface area (Å²) in [4.78, 5) is 23.8. The summed E-state index contributed by atoms with van der Waals surface area (Å²) in [6.07, 6.45) is 1.32. The highest BCUT2D eigenvalue weighted by molar-refractivity contribution is 5.97. The molecule has 1 aromatic carbocycles. The van der Waals surface area contributed by atoms with Crippen LogP contribution in [0.15, 0.2) is 12.1 Å². The highest BCUT2D eigenvalue weighted by Crippen LogP contribution is 2.18. The largest absolute Gasteiger partial charge is 0.467 e. The summed E-state index contributed by atoms with van der Waals surface area (Å²) in [5.41, 5.74) is 8.74. The third kappa shape index (κ3) is 3.73. The quantitative estimate of drug-likeness (QED) is 0.637. The van der Waals surface area contributed by atoms with Crippen LogP contribution in [0.5, 0.6) is 0 Å². The summed E-state index contributed by atoms with van der Waals surface area (Å²) in [6.45, 7) is 5.64. The van der Waals surface area contributed by atoms with Crippen molar-refractivity contribution >= 4 is 17.6 Å². The number of hydrogen-bond acceptors (Lipinski definition) is 4. The molecule has 0 spiro atoms. The molecule has 0 fully saturated rings. The van der Waals surface area contributed by atoms with Gasteiger partial charge in [0.15, 0.2) is 0 Å². The van der Waals surface area contributed by atoms with E-state index in [1.807, 2.05) is 20.8 Å². The Morgan fingerprint density at radius 1 is 1.30 bits per heavy atom. The highest BCUT2D eigenvalue weighted by atomic mass is 16.5. The van der Waals surface area contributed by atoms with E-state index in [4.69, 9.17) is 10.5 Å². The number of anilines is 1. The molecule has 0 saturated heterocycles. The fraction of sp³-hybridized carbons (Fsp3) is 0.467. The molecule has 5 heteroatoms. The molecule has 1 amide bonds. The first-order valence-electron chi connectivity index (χ1n) is 6.66. The average Bonchev–Trinajstić information content (AvgIpc) is 2.42. The van der Waals surface area contributed by atoms with Gasteiger partial charge >= 0.3 is 5.97 Å². The van der Waals surface area contributed by atoms with Crippen LogP contribution in [0.3, 0.4) is 0 Å². The third-order valence-electron chi connectivity index (χ3n) is 3.22. The van der Waals surface area contributed by atoms with Gasteiger partial charge in [-0.25, -0.2) is 4.79 Å². The number of hydrogen-bond donors (Lipinski definition) is 2. The Morgan fingerprint density at radius 2 is 1.85 bits per heavy atom. The number of nitrogens with two attached hydrogens (primary N) is 1. The van der Waals surface area contributed by atoms with E-state index < -0.39 is 12.0 Å². The van der Waals surface area contributed by atoms with Crippen molar-refractivity contribution in [1.29, 1.82) is 0 Å². The van der Waals surface area contributed by atoms with Gasteiger partial charge in [0.2, 0.25) is 0 Å². The fourth-order valence-electron chi connectivity index (χ4n) is 2.03. The number of nitrogen functional groups attached to an aromatic ring is 1. The first-order valence-corrected chi connectivity index (χ1v) is 6.66. The number of aryl methyl sites for hydroxylation is 2. The molecule has 110 valence electrons. The molecule has 20 heavy (non-hydrogen) atoms. The van der Waals surface area contributed by atoms with E-state index in [0.717, 1.165) is 17.5 Å². The Labute approximate surface area is 119 Å². The maximum absolute atomic E-state index is 12.2. The first kappa shape index (κ1) is 16.0. The maximum atomic E-state index is 12.2. The molecule has 0 aliphatic heterocycles. The Morgan fingerprint density at radius 3 is 2.30 bits per heavy atom. The van der Waals surface area contributed by atoms with Crippen LogP contribution in [0.4, 0.5) is 5.69 Å². The van der Waals surface area contributed by atoms with Gasteiger partial charge in [0, 0.05) is 11.3 Å². The zero-order valence-electron chi connectivity index (χ0n) is 12.4. The Bertz CT molecular complexity index is 489. The molecule has 3 N–H and O–H groups in total. The molecule has 1 rings (SSSR count). The van der Waals surface area contributed by atoms with Crippen molar-refractivity contribution in [2.45, 2.75) is 39.7 Å². The summed E-state index contributed by atoms with van der Waals surface area (Å²) < 4.78 is 4.69. The van der Waals surface area contributed by atoms with Crippen molar-refractivity contribution in [3.63, 3.8) is 0 Å². The third-order valence-corrected chi connectivity index (χ3v) is 3.22. The summed E-state index contributed by atoms with van der Waals surface area (Å²) in [5.74, 6) is -0.718. The molecule has 0 bridgehead atoms. The number of amides is 1. The molecule has 0 saturated carbocycles. The van der Waals surface area contributed by atoms with E-state index in [-0.39, 0.29) is 5.91 Å². The van der Waals surface area contributed by atoms with E-state index in [1.54, 1.807) is 12.1 Å². The summed E-state index contributed by atoms with van der Waals surface area (Å²) in [6, 6.07) is 2.83. The van der Waals surface area contributed by atoms with Crippen LogP contribution in [-0.4, -0.2) is 25.0 Å². The van der Waals surface area contributed by atoms with Crippen LogP contribution in [0, 0.1) is 13.8 Å². The van der Waals surface area contributed by atoms with Crippen molar-refractivity contribution in [2.24, 2.45) is 0 Å². The number of methoxy groups -OCH3 is 1. The minimum atomic E-state index is -0.615. The normalized spacial score (nSPS) is 11.8. The van der Waals surface area contributed by atoms with Crippen molar-refractivity contribution in [1.82, 2.24) is 5.32 Å². The Hall–Kier alpha value is -2.04. The van der Waals surface area contributed by atoms with Gasteiger partial charge in [0.25, 0.3) is 5.91 Å². The zero-order chi connectivity index (χ0) is 15.3. The van der Waals surface area contributed by atoms with E-state index in [2.05, 4.69) is 5.32 Å². The van der Waals surface area contributed by atoms with Crippen molar-refractivity contribution in [3.8, 4) is 0 Å². The Kier molecular flexibility index (Phi) is 5.55. The lowest BCUT2D eigenvalue weighted by Crippen LogP contribution is -2.41. The van der Waals surface area contributed by atoms with Gasteiger partial charge in [-0.1, -0.05) is 13.3 Å². The number of nitrogens with one attached hydrogen (secondary N) is 1. The summed E-state index contributed by atoms with van der Waals surface area (Å²) in [7, 11) is 1.31. The number of benzene rings is 1. The molecular formula is C15H22N2O3. The van der Waals surface area contributed by atoms with Gasteiger partial charge in [0.05, 0.1) is 7.11 Å². The average molecular weight is 278 g/mol. The summed E-state index contributed by atoms with van der Waals surface area (Å²) >= 11 is 0. The van der Waals surface area contributed by atoms with Crippen molar-refractivity contribution in [3.05, 3.63) is 28.8 Å². The fourth-order valence-corrected chi connectivity index (χ4v) is 2.03. The van der Waals surface area contributed by atoms with Crippen LogP contribution < -0.4 is 11.1 Å². The lowest BCUT2D eigenvalue weighted by molar-refractivity contribution is -0.143. The van der Waals surface area contributed by atoms with E-state index in [0.29, 0.717) is 17.7 Å². The van der Waals surface area contributed by atoms with Crippen LogP contribution in [-0.2, 0) is 9.53 Å². The molecule has 0 radical (unpaired) electrons. The lowest BCUT2D eigenvalue weighted by Gasteiger charge is -2.16. The monoisotopic (exact) mass is 278 g/mol. The SMILES string of the molecule is CCC[C@H](NC(=O)c1cc(C)c(N)c(C)c1)C(=O)OC. The van der Waals surface area contributed by atoms with Gasteiger partial charge in [-0.2, -0.15) is 0 Å². The molecule has 0 aromatic heterocycles. The number of carbonyl (C=O) groups excluding carboxylic acids is 2. The zero-order valence-corrected chi connectivity index (χ0v) is 12.4. The molecule has 0 heterocycles. The number of carbonyl (C=O) groups is 2. The van der Waals surface area contributed by atoms with Gasteiger partial charge in [-0.05, 0) is 43.5 Å². The number of ether oxygens (including phenoxy) is 1. The molecular weight excluding hydrogens is 256 g/mol. The second kappa shape index (κ2) is 6.93. The molecule has 0 aliphatic carbocycles. The van der Waals surface area contributed by atoms with E-state index in [1.165, 1.54) is 7.11 Å². The molecule has 5 nitrogen and oxygen atoms in total. The van der Waals surface area contributed by atoms with Gasteiger partial charge in [0.1, 0.15) is 6.04 Å². The number of rotatable bonds is 5. The smallest absolute Gasteiger partial charge is 0.328 e. The van der Waals surface area contributed by atoms with E-state index >= 15 is 0 Å². The highest BCUT2D eigenvalue weighted by Gasteiger charge is 2.21. The van der Waals surface area contributed by atoms with Gasteiger partial charge in [-0.15, -0.1) is 0 Å². The van der Waals surface area contributed by atoms with Crippen LogP contribution >= 0.6 is 0 Å². The first-order chi connectivity index (χ1) is 9.40. The van der Waals surface area contributed by atoms with Crippen LogP contribution in [0.25, 0.3) is 0 Å². The summed E-state index contributed by atoms with van der Waals surface area (Å²) in [5, 5.41) is 2.70. The van der Waals surface area contributed by atoms with Crippen LogP contribution in [0.1, 0.15) is 41.3 Å². The predicted octanol–water partition coefficient (Wildman–Crippen LogP) is 1.96. The lowest BCUT2D eigenvalue weighted by atomic mass is 10.0. The molecule has 1 aromatic rings. The van der Waals surface area contributed by atoms with Crippen molar-refractivity contribution in [2.75, 3.05) is 12.8 Å².